The summed E-state index contributed by atoms with van der Waals surface area (Å²) in [4.78, 5) is 0. The Bertz CT molecular complexity index is 152. The lowest BCUT2D eigenvalue weighted by Gasteiger charge is -2.35. The third kappa shape index (κ3) is 1.56. The third-order valence-corrected chi connectivity index (χ3v) is 1.79. The molecule has 0 aromatic rings. The molecule has 0 unspecified atom stereocenters. The van der Waals surface area contributed by atoms with Crippen molar-refractivity contribution < 1.29 is 28.8 Å². The monoisotopic (exact) mass is 184 g/mol. The van der Waals surface area contributed by atoms with Crippen molar-refractivity contribution in [3.63, 3.8) is 0 Å². The van der Waals surface area contributed by atoms with Gasteiger partial charge in [-0.05, 0) is 0 Å². The second kappa shape index (κ2) is 3.61. The molecule has 0 aromatic carbocycles. The van der Waals surface area contributed by atoms with Gasteiger partial charge < -0.3 is 20.1 Å². The first-order valence-electron chi connectivity index (χ1n) is 3.47. The maximum atomic E-state index is 12.8. The predicted molar refractivity (Wildman–Crippen MR) is 33.8 cm³/mol. The van der Waals surface area contributed by atoms with Gasteiger partial charge in [-0.3, -0.25) is 0 Å². The summed E-state index contributed by atoms with van der Waals surface area (Å²) in [6.07, 6.45) is -8.75. The highest BCUT2D eigenvalue weighted by Crippen LogP contribution is 2.22. The van der Waals surface area contributed by atoms with Crippen LogP contribution >= 0.6 is 0 Å². The van der Waals surface area contributed by atoms with E-state index in [0.29, 0.717) is 0 Å². The predicted octanol–water partition coefficient (Wildman–Crippen LogP) is -1.27. The summed E-state index contributed by atoms with van der Waals surface area (Å²) in [7, 11) is 0. The number of hydrogen-bond acceptors (Lipinski definition) is 4. The van der Waals surface area contributed by atoms with E-state index in [9.17, 15) is 8.78 Å². The van der Waals surface area contributed by atoms with Crippen LogP contribution in [0.15, 0.2) is 0 Å². The van der Waals surface area contributed by atoms with Crippen LogP contribution in [0.5, 0.6) is 0 Å². The van der Waals surface area contributed by atoms with E-state index in [2.05, 4.69) is 4.74 Å². The molecule has 1 heterocycles. The van der Waals surface area contributed by atoms with Gasteiger partial charge in [-0.15, -0.1) is 0 Å². The molecule has 3 N–H and O–H groups in total. The number of aliphatic hydroxyl groups excluding tert-OH is 3. The minimum absolute atomic E-state index is 1.15. The summed E-state index contributed by atoms with van der Waals surface area (Å²) in [6.45, 7) is -1.15. The van der Waals surface area contributed by atoms with Crippen molar-refractivity contribution in [1.82, 2.24) is 0 Å². The molecule has 0 amide bonds. The number of aliphatic hydroxyl groups is 3. The standard InChI is InChI=1S/C6H10F2O4/c7-1-2-3(8)4(9)5(10)6(11)12-2/h2-6,9-11H,1H2/t2-,3+,4+,5-,6+/m1/s1. The number of halogens is 2. The molecule has 1 aliphatic rings. The van der Waals surface area contributed by atoms with Crippen molar-refractivity contribution in [3.8, 4) is 0 Å². The van der Waals surface area contributed by atoms with Crippen LogP contribution in [-0.2, 0) is 4.74 Å². The van der Waals surface area contributed by atoms with E-state index in [1.807, 2.05) is 0 Å². The summed E-state index contributed by atoms with van der Waals surface area (Å²) >= 11 is 0. The van der Waals surface area contributed by atoms with Gasteiger partial charge in [0.15, 0.2) is 12.5 Å². The molecule has 0 bridgehead atoms. The van der Waals surface area contributed by atoms with E-state index in [1.165, 1.54) is 0 Å². The minimum atomic E-state index is -2.01. The molecule has 0 saturated carbocycles. The van der Waals surface area contributed by atoms with Crippen LogP contribution in [0.2, 0.25) is 0 Å². The Morgan fingerprint density at radius 2 is 1.75 bits per heavy atom. The van der Waals surface area contributed by atoms with Crippen LogP contribution in [0.1, 0.15) is 0 Å². The summed E-state index contributed by atoms with van der Waals surface area (Å²) in [5.74, 6) is 0. The van der Waals surface area contributed by atoms with Crippen LogP contribution in [0.25, 0.3) is 0 Å². The van der Waals surface area contributed by atoms with Crippen LogP contribution in [0.3, 0.4) is 0 Å². The van der Waals surface area contributed by atoms with Gasteiger partial charge in [-0.25, -0.2) is 8.78 Å². The van der Waals surface area contributed by atoms with Gasteiger partial charge in [-0.2, -0.15) is 0 Å². The van der Waals surface area contributed by atoms with Crippen molar-refractivity contribution in [3.05, 3.63) is 0 Å². The molecule has 12 heavy (non-hydrogen) atoms. The first-order chi connectivity index (χ1) is 5.57. The smallest absolute Gasteiger partial charge is 0.184 e. The minimum Gasteiger partial charge on any atom is -0.387 e. The van der Waals surface area contributed by atoms with Crippen molar-refractivity contribution in [2.45, 2.75) is 30.8 Å². The van der Waals surface area contributed by atoms with E-state index < -0.39 is 37.4 Å². The average molecular weight is 184 g/mol. The van der Waals surface area contributed by atoms with Crippen LogP contribution in [0.4, 0.5) is 8.78 Å². The largest absolute Gasteiger partial charge is 0.387 e. The molecule has 5 atom stereocenters. The van der Waals surface area contributed by atoms with E-state index >= 15 is 0 Å². The van der Waals surface area contributed by atoms with Crippen LogP contribution < -0.4 is 0 Å². The molecule has 0 aliphatic carbocycles. The fourth-order valence-electron chi connectivity index (χ4n) is 1.03. The van der Waals surface area contributed by atoms with Crippen LogP contribution in [0, 0.1) is 0 Å². The summed E-state index contributed by atoms with van der Waals surface area (Å²) in [5.41, 5.74) is 0. The highest BCUT2D eigenvalue weighted by atomic mass is 19.1. The molecule has 0 aromatic heterocycles. The van der Waals surface area contributed by atoms with Gasteiger partial charge in [-0.1, -0.05) is 0 Å². The highest BCUT2D eigenvalue weighted by Gasteiger charge is 2.44. The maximum Gasteiger partial charge on any atom is 0.184 e. The lowest BCUT2D eigenvalue weighted by atomic mass is 10.0. The Hall–Kier alpha value is -0.300. The van der Waals surface area contributed by atoms with Crippen LogP contribution in [-0.4, -0.2) is 52.8 Å². The van der Waals surface area contributed by atoms with Gasteiger partial charge in [0.2, 0.25) is 0 Å². The van der Waals surface area contributed by atoms with E-state index in [4.69, 9.17) is 15.3 Å². The topological polar surface area (TPSA) is 69.9 Å². The van der Waals surface area contributed by atoms with E-state index in [0.717, 1.165) is 0 Å². The fraction of sp³-hybridized carbons (Fsp3) is 1.00. The van der Waals surface area contributed by atoms with E-state index in [1.54, 1.807) is 0 Å². The fourth-order valence-corrected chi connectivity index (χ4v) is 1.03. The molecule has 4 nitrogen and oxygen atoms in total. The number of alkyl halides is 2. The SMILES string of the molecule is O[C@@H]1[C@@H](O)[C@@H](O)O[C@H](CF)[C@@H]1F. The quantitative estimate of drug-likeness (QED) is 0.475. The third-order valence-electron chi connectivity index (χ3n) is 1.79. The van der Waals surface area contributed by atoms with E-state index in [-0.39, 0.29) is 0 Å². The highest BCUT2D eigenvalue weighted by molar-refractivity contribution is 4.88. The Balaban J connectivity index is 2.63. The molecule has 6 heteroatoms. The van der Waals surface area contributed by atoms with Crippen molar-refractivity contribution in [2.24, 2.45) is 0 Å². The zero-order valence-corrected chi connectivity index (χ0v) is 6.10. The summed E-state index contributed by atoms with van der Waals surface area (Å²) in [5, 5.41) is 26.5. The molecule has 72 valence electrons. The molecular weight excluding hydrogens is 174 g/mol. The number of rotatable bonds is 1. The molecular formula is C6H10F2O4. The Labute approximate surface area is 67.4 Å². The summed E-state index contributed by atoms with van der Waals surface area (Å²) in [6, 6.07) is 0. The second-order valence-electron chi connectivity index (χ2n) is 2.65. The van der Waals surface area contributed by atoms with Crippen molar-refractivity contribution >= 4 is 0 Å². The lowest BCUT2D eigenvalue weighted by Crippen LogP contribution is -2.56. The van der Waals surface area contributed by atoms with Crippen molar-refractivity contribution in [1.29, 1.82) is 0 Å². The van der Waals surface area contributed by atoms with Gasteiger partial charge >= 0.3 is 0 Å². The zero-order valence-electron chi connectivity index (χ0n) is 6.10. The summed E-state index contributed by atoms with van der Waals surface area (Å²) < 4.78 is 29.0. The normalized spacial score (nSPS) is 49.2. The second-order valence-corrected chi connectivity index (χ2v) is 2.65. The first-order valence-corrected chi connectivity index (χ1v) is 3.47. The molecule has 1 rings (SSSR count). The molecule has 0 radical (unpaired) electrons. The van der Waals surface area contributed by atoms with Gasteiger partial charge in [0.1, 0.15) is 25.0 Å². The van der Waals surface area contributed by atoms with Gasteiger partial charge in [0.25, 0.3) is 0 Å². The number of ether oxygens (including phenoxy) is 1. The van der Waals surface area contributed by atoms with Gasteiger partial charge in [0.05, 0.1) is 0 Å². The number of hydrogen-bond donors (Lipinski definition) is 3. The molecule has 1 fully saturated rings. The Morgan fingerprint density at radius 3 is 2.25 bits per heavy atom. The Kier molecular flexibility index (Phi) is 2.94. The molecule has 1 saturated heterocycles. The molecule has 0 spiro atoms. The first kappa shape index (κ1) is 9.79. The Morgan fingerprint density at radius 1 is 1.17 bits per heavy atom. The van der Waals surface area contributed by atoms with Crippen molar-refractivity contribution in [2.75, 3.05) is 6.67 Å². The average Bonchev–Trinajstić information content (AvgIpc) is 2.08. The lowest BCUT2D eigenvalue weighted by molar-refractivity contribution is -0.271. The molecule has 1 aliphatic heterocycles. The maximum absolute atomic E-state index is 12.8. The van der Waals surface area contributed by atoms with Gasteiger partial charge in [0, 0.05) is 0 Å². The zero-order chi connectivity index (χ0) is 9.30.